The highest BCUT2D eigenvalue weighted by Gasteiger charge is 2.25. The van der Waals surface area contributed by atoms with Gasteiger partial charge in [0.15, 0.2) is 0 Å². The van der Waals surface area contributed by atoms with Gasteiger partial charge in [-0.1, -0.05) is 18.2 Å². The first-order chi connectivity index (χ1) is 10.6. The number of carboxylic acids is 1. The van der Waals surface area contributed by atoms with E-state index in [9.17, 15) is 4.79 Å². The molecule has 22 heavy (non-hydrogen) atoms. The molecule has 6 nitrogen and oxygen atoms in total. The number of hydrogen-bond acceptors (Lipinski definition) is 5. The summed E-state index contributed by atoms with van der Waals surface area (Å²) >= 11 is 0. The third-order valence-corrected chi connectivity index (χ3v) is 4.06. The molecule has 2 rings (SSSR count). The third-order valence-electron chi connectivity index (χ3n) is 4.06. The number of hydrogen-bond donors (Lipinski definition) is 2. The molecule has 2 N–H and O–H groups in total. The van der Waals surface area contributed by atoms with Crippen LogP contribution in [0, 0.1) is 0 Å². The summed E-state index contributed by atoms with van der Waals surface area (Å²) in [6, 6.07) is 7.84. The van der Waals surface area contributed by atoms with Gasteiger partial charge in [-0.05, 0) is 13.1 Å². The molecular formula is C16H25N3O3. The van der Waals surface area contributed by atoms with E-state index in [4.69, 9.17) is 9.84 Å². The van der Waals surface area contributed by atoms with Gasteiger partial charge in [0.05, 0.1) is 19.7 Å². The number of methoxy groups -OCH3 is 1. The molecule has 0 radical (unpaired) electrons. The summed E-state index contributed by atoms with van der Waals surface area (Å²) in [5.41, 5.74) is 1.03. The molecule has 1 aliphatic rings. The topological polar surface area (TPSA) is 65.0 Å². The molecule has 0 saturated carbocycles. The number of ether oxygens (including phenoxy) is 1. The summed E-state index contributed by atoms with van der Waals surface area (Å²) in [6.07, 6.45) is 0. The zero-order valence-electron chi connectivity index (χ0n) is 13.3. The molecule has 1 aromatic carbocycles. The maximum atomic E-state index is 11.1. The first-order valence-electron chi connectivity index (χ1n) is 7.60. The molecule has 0 spiro atoms. The Bertz CT molecular complexity index is 489. The molecule has 1 heterocycles. The Morgan fingerprint density at radius 3 is 2.73 bits per heavy atom. The number of carbonyl (C=O) groups is 1. The second kappa shape index (κ2) is 8.12. The number of likely N-dealkylation sites (N-methyl/N-ethyl adjacent to an activating group) is 1. The van der Waals surface area contributed by atoms with Crippen molar-refractivity contribution < 1.29 is 14.6 Å². The highest BCUT2D eigenvalue weighted by Crippen LogP contribution is 2.29. The van der Waals surface area contributed by atoms with Crippen molar-refractivity contribution in [3.05, 3.63) is 29.8 Å². The number of para-hydroxylation sites is 1. The summed E-state index contributed by atoms with van der Waals surface area (Å²) in [5.74, 6) is -0.0115. The van der Waals surface area contributed by atoms with Gasteiger partial charge in [-0.25, -0.2) is 0 Å². The van der Waals surface area contributed by atoms with Crippen LogP contribution < -0.4 is 10.1 Å². The molecule has 0 bridgehead atoms. The van der Waals surface area contributed by atoms with Crippen LogP contribution in [-0.2, 0) is 4.79 Å². The van der Waals surface area contributed by atoms with E-state index in [1.807, 2.05) is 36.2 Å². The van der Waals surface area contributed by atoms with Crippen molar-refractivity contribution in [2.45, 2.75) is 6.04 Å². The fraction of sp³-hybridized carbons (Fsp3) is 0.562. The first kappa shape index (κ1) is 16.7. The van der Waals surface area contributed by atoms with Crippen LogP contribution in [0.2, 0.25) is 0 Å². The molecule has 1 fully saturated rings. The SMILES string of the molecule is COc1ccccc1C(CN1CCNCC1)N(C)CC(=O)O. The standard InChI is InChI=1S/C16H25N3O3/c1-18(12-16(20)21)14(11-19-9-7-17-8-10-19)13-5-3-4-6-15(13)22-2/h3-6,14,17H,7-12H2,1-2H3,(H,20,21). The zero-order chi connectivity index (χ0) is 15.9. The van der Waals surface area contributed by atoms with Crippen molar-refractivity contribution >= 4 is 5.97 Å². The number of nitrogens with zero attached hydrogens (tertiary/aromatic N) is 2. The second-order valence-electron chi connectivity index (χ2n) is 5.62. The fourth-order valence-corrected chi connectivity index (χ4v) is 2.88. The van der Waals surface area contributed by atoms with Gasteiger partial charge in [-0.15, -0.1) is 0 Å². The number of rotatable bonds is 7. The van der Waals surface area contributed by atoms with Gasteiger partial charge >= 0.3 is 5.97 Å². The molecule has 1 saturated heterocycles. The lowest BCUT2D eigenvalue weighted by Crippen LogP contribution is -2.47. The van der Waals surface area contributed by atoms with E-state index in [0.717, 1.165) is 44.0 Å². The van der Waals surface area contributed by atoms with Crippen LogP contribution >= 0.6 is 0 Å². The van der Waals surface area contributed by atoms with Crippen molar-refractivity contribution in [2.75, 3.05) is 53.4 Å². The highest BCUT2D eigenvalue weighted by atomic mass is 16.5. The van der Waals surface area contributed by atoms with E-state index in [-0.39, 0.29) is 12.6 Å². The second-order valence-corrected chi connectivity index (χ2v) is 5.62. The summed E-state index contributed by atoms with van der Waals surface area (Å²) in [4.78, 5) is 15.3. The molecule has 1 atom stereocenters. The Morgan fingerprint density at radius 2 is 2.09 bits per heavy atom. The number of piperazine rings is 1. The summed E-state index contributed by atoms with van der Waals surface area (Å²) in [7, 11) is 3.51. The van der Waals surface area contributed by atoms with Crippen LogP contribution in [0.4, 0.5) is 0 Å². The zero-order valence-corrected chi connectivity index (χ0v) is 13.3. The predicted octanol–water partition coefficient (Wildman–Crippen LogP) is 0.658. The Hall–Kier alpha value is -1.63. The van der Waals surface area contributed by atoms with E-state index in [0.29, 0.717) is 0 Å². The minimum atomic E-state index is -0.817. The van der Waals surface area contributed by atoms with Gasteiger partial charge in [0.2, 0.25) is 0 Å². The maximum absolute atomic E-state index is 11.1. The van der Waals surface area contributed by atoms with Gasteiger partial charge in [0.1, 0.15) is 5.75 Å². The monoisotopic (exact) mass is 307 g/mol. The molecule has 122 valence electrons. The van der Waals surface area contributed by atoms with Crippen LogP contribution in [-0.4, -0.2) is 74.3 Å². The van der Waals surface area contributed by atoms with Crippen molar-refractivity contribution in [1.82, 2.24) is 15.1 Å². The lowest BCUT2D eigenvalue weighted by Gasteiger charge is -2.35. The number of benzene rings is 1. The van der Waals surface area contributed by atoms with E-state index in [1.54, 1.807) is 7.11 Å². The normalized spacial score (nSPS) is 17.4. The summed E-state index contributed by atoms with van der Waals surface area (Å²) < 4.78 is 5.47. The first-order valence-corrected chi connectivity index (χ1v) is 7.60. The molecule has 1 aliphatic heterocycles. The molecule has 6 heteroatoms. The van der Waals surface area contributed by atoms with Crippen LogP contribution in [0.5, 0.6) is 5.75 Å². The fourth-order valence-electron chi connectivity index (χ4n) is 2.88. The molecule has 0 aliphatic carbocycles. The Kier molecular flexibility index (Phi) is 6.18. The van der Waals surface area contributed by atoms with Gasteiger partial charge in [-0.3, -0.25) is 14.6 Å². The molecule has 0 amide bonds. The molecule has 1 unspecified atom stereocenters. The lowest BCUT2D eigenvalue weighted by molar-refractivity contribution is -0.138. The maximum Gasteiger partial charge on any atom is 0.317 e. The quantitative estimate of drug-likeness (QED) is 0.771. The van der Waals surface area contributed by atoms with Gasteiger partial charge in [0.25, 0.3) is 0 Å². The van der Waals surface area contributed by atoms with E-state index < -0.39 is 5.97 Å². The molecule has 1 aromatic rings. The smallest absolute Gasteiger partial charge is 0.317 e. The van der Waals surface area contributed by atoms with E-state index in [1.165, 1.54) is 0 Å². The molecule has 0 aromatic heterocycles. The van der Waals surface area contributed by atoms with Crippen LogP contribution in [0.15, 0.2) is 24.3 Å². The summed E-state index contributed by atoms with van der Waals surface area (Å²) in [6.45, 7) is 4.71. The molecular weight excluding hydrogens is 282 g/mol. The van der Waals surface area contributed by atoms with Crippen LogP contribution in [0.25, 0.3) is 0 Å². The predicted molar refractivity (Wildman–Crippen MR) is 85.3 cm³/mol. The average Bonchev–Trinajstić information content (AvgIpc) is 2.53. The van der Waals surface area contributed by atoms with E-state index >= 15 is 0 Å². The average molecular weight is 307 g/mol. The van der Waals surface area contributed by atoms with Crippen molar-refractivity contribution in [3.8, 4) is 5.75 Å². The van der Waals surface area contributed by atoms with Crippen molar-refractivity contribution in [3.63, 3.8) is 0 Å². The lowest BCUT2D eigenvalue weighted by atomic mass is 10.0. The van der Waals surface area contributed by atoms with Gasteiger partial charge in [0, 0.05) is 38.3 Å². The Labute approximate surface area is 131 Å². The van der Waals surface area contributed by atoms with Gasteiger partial charge < -0.3 is 15.2 Å². The van der Waals surface area contributed by atoms with Gasteiger partial charge in [-0.2, -0.15) is 0 Å². The highest BCUT2D eigenvalue weighted by molar-refractivity contribution is 5.69. The number of carboxylic acid groups (broad SMARTS) is 1. The Morgan fingerprint density at radius 1 is 1.41 bits per heavy atom. The minimum absolute atomic E-state index is 0.00874. The Balaban J connectivity index is 2.21. The van der Waals surface area contributed by atoms with E-state index in [2.05, 4.69) is 10.2 Å². The van der Waals surface area contributed by atoms with Crippen LogP contribution in [0.1, 0.15) is 11.6 Å². The van der Waals surface area contributed by atoms with Crippen molar-refractivity contribution in [1.29, 1.82) is 0 Å². The van der Waals surface area contributed by atoms with Crippen molar-refractivity contribution in [2.24, 2.45) is 0 Å². The summed E-state index contributed by atoms with van der Waals surface area (Å²) in [5, 5.41) is 12.5. The number of aliphatic carboxylic acids is 1. The third kappa shape index (κ3) is 4.43. The minimum Gasteiger partial charge on any atom is -0.496 e. The van der Waals surface area contributed by atoms with Crippen LogP contribution in [0.3, 0.4) is 0 Å². The number of nitrogens with one attached hydrogen (secondary N) is 1. The largest absolute Gasteiger partial charge is 0.496 e.